The molecule has 0 aromatic carbocycles. The molecule has 0 aliphatic carbocycles. The van der Waals surface area contributed by atoms with Crippen LogP contribution >= 0.6 is 0 Å². The first kappa shape index (κ1) is 12.3. The fourth-order valence-corrected chi connectivity index (χ4v) is 1.55. The third kappa shape index (κ3) is 4.53. The molecule has 9 heteroatoms. The molecule has 0 bridgehead atoms. The van der Waals surface area contributed by atoms with Gasteiger partial charge in [-0.15, -0.1) is 0 Å². The van der Waals surface area contributed by atoms with Crippen molar-refractivity contribution in [2.75, 3.05) is 6.54 Å². The first-order chi connectivity index (χ1) is 6.88. The molecular formula is C6H12N2O6S. The minimum Gasteiger partial charge on any atom is -0.480 e. The van der Waals surface area contributed by atoms with E-state index >= 15 is 0 Å². The molecule has 0 amide bonds. The minimum atomic E-state index is -4.51. The summed E-state index contributed by atoms with van der Waals surface area (Å²) in [5, 5.41) is 11.3. The fourth-order valence-electron chi connectivity index (χ4n) is 1.30. The Balaban J connectivity index is 2.29. The molecule has 1 rings (SSSR count). The van der Waals surface area contributed by atoms with Gasteiger partial charge in [0.15, 0.2) is 0 Å². The molecule has 0 radical (unpaired) electrons. The molecule has 2 atom stereocenters. The molecule has 1 heterocycles. The zero-order valence-corrected chi connectivity index (χ0v) is 8.53. The maximum Gasteiger partial charge on any atom is 0.413 e. The highest BCUT2D eigenvalue weighted by Crippen LogP contribution is 2.08. The molecule has 1 aliphatic heterocycles. The lowest BCUT2D eigenvalue weighted by molar-refractivity contribution is -0.140. The van der Waals surface area contributed by atoms with Crippen LogP contribution in [0.5, 0.6) is 0 Å². The molecular weight excluding hydrogens is 228 g/mol. The second-order valence-corrected chi connectivity index (χ2v) is 4.22. The summed E-state index contributed by atoms with van der Waals surface area (Å²) in [7, 11) is -4.51. The van der Waals surface area contributed by atoms with Crippen LogP contribution in [0.1, 0.15) is 12.8 Å². The molecule has 0 aromatic rings. The number of hydrogen-bond donors (Lipinski definition) is 4. The van der Waals surface area contributed by atoms with Crippen molar-refractivity contribution in [3.05, 3.63) is 0 Å². The van der Waals surface area contributed by atoms with E-state index in [0.717, 1.165) is 0 Å². The SMILES string of the molecule is O=C(O)[C@@H]1CC[C@@H](NOS(=O)(=O)O)CN1. The Hall–Kier alpha value is -0.740. The van der Waals surface area contributed by atoms with Gasteiger partial charge in [-0.25, -0.2) is 0 Å². The average Bonchev–Trinajstić information content (AvgIpc) is 2.14. The Bertz CT molecular complexity index is 321. The van der Waals surface area contributed by atoms with Gasteiger partial charge in [0.2, 0.25) is 0 Å². The van der Waals surface area contributed by atoms with Crippen LogP contribution in [-0.4, -0.2) is 42.7 Å². The van der Waals surface area contributed by atoms with Gasteiger partial charge in [-0.3, -0.25) is 9.35 Å². The van der Waals surface area contributed by atoms with Crippen molar-refractivity contribution in [3.8, 4) is 0 Å². The van der Waals surface area contributed by atoms with Gasteiger partial charge in [0, 0.05) is 12.6 Å². The van der Waals surface area contributed by atoms with Crippen LogP contribution in [0.2, 0.25) is 0 Å². The van der Waals surface area contributed by atoms with Crippen LogP contribution in [0.3, 0.4) is 0 Å². The van der Waals surface area contributed by atoms with E-state index in [1.165, 1.54) is 0 Å². The molecule has 0 aromatic heterocycles. The van der Waals surface area contributed by atoms with Gasteiger partial charge in [0.05, 0.1) is 0 Å². The lowest BCUT2D eigenvalue weighted by Crippen LogP contribution is -2.50. The average molecular weight is 240 g/mol. The number of nitrogens with one attached hydrogen (secondary N) is 2. The highest BCUT2D eigenvalue weighted by atomic mass is 32.3. The van der Waals surface area contributed by atoms with E-state index in [2.05, 4.69) is 15.1 Å². The summed E-state index contributed by atoms with van der Waals surface area (Å²) in [6.45, 7) is 0.256. The Morgan fingerprint density at radius 2 is 2.13 bits per heavy atom. The second kappa shape index (κ2) is 4.86. The van der Waals surface area contributed by atoms with Crippen molar-refractivity contribution >= 4 is 16.4 Å². The summed E-state index contributed by atoms with van der Waals surface area (Å²) < 4.78 is 32.6. The van der Waals surface area contributed by atoms with Crippen LogP contribution in [-0.2, 0) is 19.5 Å². The zero-order valence-electron chi connectivity index (χ0n) is 7.71. The number of piperidine rings is 1. The van der Waals surface area contributed by atoms with Gasteiger partial charge in [0.25, 0.3) is 0 Å². The van der Waals surface area contributed by atoms with E-state index in [9.17, 15) is 13.2 Å². The first-order valence-corrected chi connectivity index (χ1v) is 5.62. The molecule has 0 unspecified atom stereocenters. The standard InChI is InChI=1S/C6H12N2O6S/c9-6(10)5-2-1-4(3-7-5)8-14-15(11,12)13/h4-5,7-8H,1-3H2,(H,9,10)(H,11,12,13)/t4-,5+/m1/s1. The number of hydrogen-bond acceptors (Lipinski definition) is 6. The van der Waals surface area contributed by atoms with Crippen molar-refractivity contribution in [1.29, 1.82) is 0 Å². The van der Waals surface area contributed by atoms with Gasteiger partial charge in [-0.2, -0.15) is 18.2 Å². The molecule has 0 saturated carbocycles. The van der Waals surface area contributed by atoms with Gasteiger partial charge < -0.3 is 10.4 Å². The normalized spacial score (nSPS) is 27.5. The molecule has 15 heavy (non-hydrogen) atoms. The topological polar surface area (TPSA) is 125 Å². The van der Waals surface area contributed by atoms with Crippen molar-refractivity contribution < 1.29 is 27.2 Å². The van der Waals surface area contributed by atoms with E-state index < -0.39 is 22.4 Å². The highest BCUT2D eigenvalue weighted by Gasteiger charge is 2.25. The summed E-state index contributed by atoms with van der Waals surface area (Å²) in [6, 6.07) is -0.962. The summed E-state index contributed by atoms with van der Waals surface area (Å²) in [4.78, 5) is 10.5. The van der Waals surface area contributed by atoms with Crippen LogP contribution in [0, 0.1) is 0 Å². The predicted octanol–water partition coefficient (Wildman–Crippen LogP) is -1.48. The molecule has 4 N–H and O–H groups in total. The summed E-state index contributed by atoms with van der Waals surface area (Å²) >= 11 is 0. The number of carboxylic acid groups (broad SMARTS) is 1. The van der Waals surface area contributed by atoms with Crippen LogP contribution in [0.25, 0.3) is 0 Å². The molecule has 1 saturated heterocycles. The number of rotatable bonds is 4. The molecule has 88 valence electrons. The Kier molecular flexibility index (Phi) is 3.99. The fraction of sp³-hybridized carbons (Fsp3) is 0.833. The van der Waals surface area contributed by atoms with E-state index in [0.29, 0.717) is 12.8 Å². The first-order valence-electron chi connectivity index (χ1n) is 4.26. The summed E-state index contributed by atoms with van der Waals surface area (Å²) in [5.41, 5.74) is 2.13. The largest absolute Gasteiger partial charge is 0.480 e. The van der Waals surface area contributed by atoms with E-state index in [1.807, 2.05) is 0 Å². The van der Waals surface area contributed by atoms with Crippen molar-refractivity contribution in [2.24, 2.45) is 0 Å². The Morgan fingerprint density at radius 1 is 1.47 bits per heavy atom. The van der Waals surface area contributed by atoms with Gasteiger partial charge in [-0.1, -0.05) is 0 Å². The Morgan fingerprint density at radius 3 is 2.53 bits per heavy atom. The summed E-state index contributed by atoms with van der Waals surface area (Å²) in [6.07, 6.45) is 0.807. The third-order valence-electron chi connectivity index (χ3n) is 2.03. The Labute approximate surface area is 86.5 Å². The smallest absolute Gasteiger partial charge is 0.413 e. The maximum atomic E-state index is 10.5. The van der Waals surface area contributed by atoms with Gasteiger partial charge in [0.1, 0.15) is 6.04 Å². The number of carbonyl (C=O) groups is 1. The van der Waals surface area contributed by atoms with E-state index in [-0.39, 0.29) is 12.6 Å². The molecule has 1 aliphatic rings. The monoisotopic (exact) mass is 240 g/mol. The predicted molar refractivity (Wildman–Crippen MR) is 48.2 cm³/mol. The highest BCUT2D eigenvalue weighted by molar-refractivity contribution is 7.80. The number of aliphatic carboxylic acids is 1. The van der Waals surface area contributed by atoms with Gasteiger partial charge >= 0.3 is 16.4 Å². The van der Waals surface area contributed by atoms with E-state index in [4.69, 9.17) is 9.66 Å². The van der Waals surface area contributed by atoms with Crippen molar-refractivity contribution in [3.63, 3.8) is 0 Å². The quantitative estimate of drug-likeness (QED) is 0.346. The minimum absolute atomic E-state index is 0.256. The molecule has 8 nitrogen and oxygen atoms in total. The van der Waals surface area contributed by atoms with Crippen LogP contribution < -0.4 is 10.8 Å². The zero-order chi connectivity index (χ0) is 11.5. The third-order valence-corrected chi connectivity index (χ3v) is 2.34. The summed E-state index contributed by atoms with van der Waals surface area (Å²) in [5.74, 6) is -0.941. The van der Waals surface area contributed by atoms with Crippen molar-refractivity contribution in [2.45, 2.75) is 24.9 Å². The number of hydroxylamine groups is 1. The number of carboxylic acids is 1. The van der Waals surface area contributed by atoms with Gasteiger partial charge in [-0.05, 0) is 12.8 Å². The van der Waals surface area contributed by atoms with Crippen LogP contribution in [0.15, 0.2) is 0 Å². The molecule has 1 fully saturated rings. The van der Waals surface area contributed by atoms with Crippen molar-refractivity contribution in [1.82, 2.24) is 10.8 Å². The van der Waals surface area contributed by atoms with Crippen LogP contribution in [0.4, 0.5) is 0 Å². The van der Waals surface area contributed by atoms with E-state index in [1.54, 1.807) is 0 Å². The molecule has 0 spiro atoms. The second-order valence-electron chi connectivity index (χ2n) is 3.20. The lowest BCUT2D eigenvalue weighted by atomic mass is 10.0. The lowest BCUT2D eigenvalue weighted by Gasteiger charge is -2.26. The maximum absolute atomic E-state index is 10.5.